The summed E-state index contributed by atoms with van der Waals surface area (Å²) in [6.07, 6.45) is 7.56. The number of carbonyl (C=O) groups excluding carboxylic acids is 1. The number of methoxy groups -OCH3 is 1. The number of aromatic nitrogens is 1. The number of hydrogen-bond acceptors (Lipinski definition) is 3. The van der Waals surface area contributed by atoms with Crippen molar-refractivity contribution in [3.63, 3.8) is 0 Å². The molecular formula is C20H24N2O2. The molecule has 126 valence electrons. The van der Waals surface area contributed by atoms with E-state index in [9.17, 15) is 4.79 Å². The largest absolute Gasteiger partial charge is 0.466 e. The number of rotatable bonds is 3. The van der Waals surface area contributed by atoms with Crippen LogP contribution in [0.1, 0.15) is 24.6 Å². The summed E-state index contributed by atoms with van der Waals surface area (Å²) in [5.41, 5.74) is 5.40. The molecule has 4 nitrogen and oxygen atoms in total. The predicted octanol–water partition coefficient (Wildman–Crippen LogP) is 3.52. The van der Waals surface area contributed by atoms with Gasteiger partial charge >= 0.3 is 5.97 Å². The van der Waals surface area contributed by atoms with Gasteiger partial charge in [0.05, 0.1) is 7.11 Å². The number of benzene rings is 1. The lowest BCUT2D eigenvalue weighted by Gasteiger charge is -2.23. The SMILES string of the molecule is CC/C1=C/CN(/C=C/C(=O)OC)CCc2c1n(C)c1ccccc21. The van der Waals surface area contributed by atoms with Gasteiger partial charge in [-0.2, -0.15) is 0 Å². The van der Waals surface area contributed by atoms with Gasteiger partial charge in [-0.15, -0.1) is 0 Å². The van der Waals surface area contributed by atoms with Crippen molar-refractivity contribution in [3.8, 4) is 0 Å². The first kappa shape index (κ1) is 16.4. The molecule has 0 radical (unpaired) electrons. The zero-order valence-electron chi connectivity index (χ0n) is 14.6. The van der Waals surface area contributed by atoms with Crippen LogP contribution >= 0.6 is 0 Å². The number of para-hydroxylation sites is 1. The van der Waals surface area contributed by atoms with Crippen LogP contribution in [0, 0.1) is 0 Å². The highest BCUT2D eigenvalue weighted by molar-refractivity contribution is 5.90. The third kappa shape index (κ3) is 2.96. The highest BCUT2D eigenvalue weighted by Crippen LogP contribution is 2.33. The first-order chi connectivity index (χ1) is 11.7. The van der Waals surface area contributed by atoms with E-state index in [1.807, 2.05) is 6.20 Å². The summed E-state index contributed by atoms with van der Waals surface area (Å²) >= 11 is 0. The summed E-state index contributed by atoms with van der Waals surface area (Å²) in [7, 11) is 3.55. The van der Waals surface area contributed by atoms with Crippen molar-refractivity contribution in [2.75, 3.05) is 20.2 Å². The number of aryl methyl sites for hydroxylation is 1. The number of nitrogens with zero attached hydrogens (tertiary/aromatic N) is 2. The standard InChI is InChI=1S/C20H24N2O2/c1-4-15-9-12-22(14-11-19(23)24-3)13-10-17-16-7-5-6-8-18(16)21(2)20(15)17/h5-9,11,14H,4,10,12-13H2,1-3H3/b14-11+,15-9-. The van der Waals surface area contributed by atoms with Crippen molar-refractivity contribution in [2.45, 2.75) is 19.8 Å². The minimum atomic E-state index is -0.317. The van der Waals surface area contributed by atoms with Crippen molar-refractivity contribution in [3.05, 3.63) is 53.9 Å². The normalized spacial score (nSPS) is 17.3. The van der Waals surface area contributed by atoms with Crippen molar-refractivity contribution >= 4 is 22.4 Å². The maximum absolute atomic E-state index is 11.4. The Morgan fingerprint density at radius 3 is 2.88 bits per heavy atom. The molecule has 2 aromatic rings. The summed E-state index contributed by atoms with van der Waals surface area (Å²) in [6.45, 7) is 3.88. The fourth-order valence-electron chi connectivity index (χ4n) is 3.49. The first-order valence-corrected chi connectivity index (χ1v) is 8.41. The highest BCUT2D eigenvalue weighted by atomic mass is 16.5. The van der Waals surface area contributed by atoms with Crippen LogP contribution in [0.5, 0.6) is 0 Å². The molecule has 0 amide bonds. The lowest BCUT2D eigenvalue weighted by atomic mass is 9.99. The second kappa shape index (κ2) is 6.95. The minimum absolute atomic E-state index is 0.317. The molecule has 1 aliphatic heterocycles. The van der Waals surface area contributed by atoms with Crippen LogP contribution in [0.15, 0.2) is 42.6 Å². The van der Waals surface area contributed by atoms with E-state index in [1.54, 1.807) is 0 Å². The van der Waals surface area contributed by atoms with Crippen molar-refractivity contribution < 1.29 is 9.53 Å². The highest BCUT2D eigenvalue weighted by Gasteiger charge is 2.19. The van der Waals surface area contributed by atoms with E-state index in [0.717, 1.165) is 25.9 Å². The van der Waals surface area contributed by atoms with Crippen LogP contribution in [-0.2, 0) is 23.0 Å². The molecule has 0 aliphatic carbocycles. The molecule has 1 aromatic carbocycles. The average Bonchev–Trinajstić information content (AvgIpc) is 2.87. The van der Waals surface area contributed by atoms with E-state index in [2.05, 4.69) is 58.5 Å². The zero-order valence-corrected chi connectivity index (χ0v) is 14.6. The van der Waals surface area contributed by atoms with E-state index in [0.29, 0.717) is 0 Å². The molecular weight excluding hydrogens is 300 g/mol. The van der Waals surface area contributed by atoms with Crippen molar-refractivity contribution in [2.24, 2.45) is 7.05 Å². The van der Waals surface area contributed by atoms with Crippen LogP contribution in [0.25, 0.3) is 16.5 Å². The molecule has 1 aliphatic rings. The van der Waals surface area contributed by atoms with Gasteiger partial charge in [0.15, 0.2) is 0 Å². The molecule has 0 bridgehead atoms. The van der Waals surface area contributed by atoms with Crippen LogP contribution in [0.3, 0.4) is 0 Å². The maximum atomic E-state index is 11.4. The van der Waals surface area contributed by atoms with Gasteiger partial charge in [0, 0.05) is 49.0 Å². The van der Waals surface area contributed by atoms with Gasteiger partial charge in [-0.1, -0.05) is 31.2 Å². The molecule has 1 aromatic heterocycles. The number of esters is 1. The van der Waals surface area contributed by atoms with E-state index in [4.69, 9.17) is 0 Å². The predicted molar refractivity (Wildman–Crippen MR) is 97.6 cm³/mol. The Morgan fingerprint density at radius 2 is 2.12 bits per heavy atom. The topological polar surface area (TPSA) is 34.5 Å². The van der Waals surface area contributed by atoms with Gasteiger partial charge in [-0.25, -0.2) is 4.79 Å². The zero-order chi connectivity index (χ0) is 17.1. The molecule has 0 fully saturated rings. The maximum Gasteiger partial charge on any atom is 0.331 e. The lowest BCUT2D eigenvalue weighted by molar-refractivity contribution is -0.134. The molecule has 3 rings (SSSR count). The molecule has 4 heteroatoms. The summed E-state index contributed by atoms with van der Waals surface area (Å²) in [4.78, 5) is 13.5. The Morgan fingerprint density at radius 1 is 1.33 bits per heavy atom. The summed E-state index contributed by atoms with van der Waals surface area (Å²) < 4.78 is 7.00. The Hall–Kier alpha value is -2.49. The molecule has 2 heterocycles. The second-order valence-corrected chi connectivity index (χ2v) is 6.07. The van der Waals surface area contributed by atoms with E-state index < -0.39 is 0 Å². The molecule has 0 saturated heterocycles. The van der Waals surface area contributed by atoms with Crippen LogP contribution in [-0.4, -0.2) is 35.6 Å². The Bertz CT molecular complexity index is 814. The van der Waals surface area contributed by atoms with Gasteiger partial charge in [0.25, 0.3) is 0 Å². The Kier molecular flexibility index (Phi) is 4.74. The van der Waals surface area contributed by atoms with Crippen LogP contribution in [0.2, 0.25) is 0 Å². The van der Waals surface area contributed by atoms with Crippen molar-refractivity contribution in [1.82, 2.24) is 9.47 Å². The number of ether oxygens (including phenoxy) is 1. The molecule has 24 heavy (non-hydrogen) atoms. The molecule has 0 spiro atoms. The van der Waals surface area contributed by atoms with E-state index >= 15 is 0 Å². The van der Waals surface area contributed by atoms with Crippen LogP contribution < -0.4 is 0 Å². The number of allylic oxidation sites excluding steroid dienone is 1. The fourth-order valence-corrected chi connectivity index (χ4v) is 3.49. The molecule has 0 unspecified atom stereocenters. The summed E-state index contributed by atoms with van der Waals surface area (Å²) in [5.74, 6) is -0.317. The number of hydrogen-bond donors (Lipinski definition) is 0. The lowest BCUT2D eigenvalue weighted by Crippen LogP contribution is -2.23. The van der Waals surface area contributed by atoms with E-state index in [1.165, 1.54) is 40.9 Å². The smallest absolute Gasteiger partial charge is 0.331 e. The van der Waals surface area contributed by atoms with E-state index in [-0.39, 0.29) is 5.97 Å². The number of fused-ring (bicyclic) bond motifs is 3. The minimum Gasteiger partial charge on any atom is -0.466 e. The second-order valence-electron chi connectivity index (χ2n) is 6.07. The van der Waals surface area contributed by atoms with Gasteiger partial charge in [-0.05, 0) is 30.0 Å². The fraction of sp³-hybridized carbons (Fsp3) is 0.350. The third-order valence-corrected chi connectivity index (χ3v) is 4.74. The monoisotopic (exact) mass is 324 g/mol. The van der Waals surface area contributed by atoms with Gasteiger partial charge in [-0.3, -0.25) is 0 Å². The molecule has 0 atom stereocenters. The molecule has 0 N–H and O–H groups in total. The average molecular weight is 324 g/mol. The van der Waals surface area contributed by atoms with Gasteiger partial charge in [0.2, 0.25) is 0 Å². The molecule has 0 saturated carbocycles. The van der Waals surface area contributed by atoms with Crippen LogP contribution in [0.4, 0.5) is 0 Å². The summed E-state index contributed by atoms with van der Waals surface area (Å²) in [6, 6.07) is 8.59. The van der Waals surface area contributed by atoms with Crippen molar-refractivity contribution in [1.29, 1.82) is 0 Å². The third-order valence-electron chi connectivity index (χ3n) is 4.74. The van der Waals surface area contributed by atoms with Gasteiger partial charge in [0.1, 0.15) is 0 Å². The first-order valence-electron chi connectivity index (χ1n) is 8.41. The quantitative estimate of drug-likeness (QED) is 0.640. The number of carbonyl (C=O) groups is 1. The van der Waals surface area contributed by atoms with Gasteiger partial charge < -0.3 is 14.2 Å². The Balaban J connectivity index is 2.01. The summed E-state index contributed by atoms with van der Waals surface area (Å²) in [5, 5.41) is 1.33. The Labute approximate surface area is 143 Å².